The minimum atomic E-state index is -0.972. The molecule has 37 heavy (non-hydrogen) atoms. The Morgan fingerprint density at radius 2 is 1.84 bits per heavy atom. The van der Waals surface area contributed by atoms with Gasteiger partial charge >= 0.3 is 5.76 Å². The molecule has 0 spiro atoms. The number of H-pyrrole nitrogens is 1. The molecule has 0 radical (unpaired) electrons. The molecule has 0 unspecified atom stereocenters. The van der Waals surface area contributed by atoms with Gasteiger partial charge in [-0.1, -0.05) is 50.6 Å². The van der Waals surface area contributed by atoms with Crippen molar-refractivity contribution in [1.29, 1.82) is 0 Å². The first kappa shape index (κ1) is 24.6. The van der Waals surface area contributed by atoms with Crippen molar-refractivity contribution in [1.82, 2.24) is 29.7 Å². The molecule has 3 aromatic heterocycles. The second kappa shape index (κ2) is 9.85. The van der Waals surface area contributed by atoms with Crippen molar-refractivity contribution in [2.75, 3.05) is 5.32 Å². The third kappa shape index (κ3) is 4.80. The molecule has 200 valence electrons. The number of fused-ring (bicyclic) bond motifs is 1. The van der Waals surface area contributed by atoms with E-state index in [4.69, 9.17) is 19.5 Å². The van der Waals surface area contributed by atoms with E-state index in [0.29, 0.717) is 42.0 Å². The van der Waals surface area contributed by atoms with Gasteiger partial charge in [0.15, 0.2) is 11.5 Å². The number of imidazole rings is 1. The third-order valence-corrected chi connectivity index (χ3v) is 9.15. The maximum atomic E-state index is 11.9. The van der Waals surface area contributed by atoms with E-state index in [-0.39, 0.29) is 17.7 Å². The fourth-order valence-corrected chi connectivity index (χ4v) is 6.51. The number of nitrogens with zero attached hydrogens (tertiary/aromatic N) is 5. The lowest BCUT2D eigenvalue weighted by atomic mass is 9.80. The summed E-state index contributed by atoms with van der Waals surface area (Å²) in [7, 11) is 0. The summed E-state index contributed by atoms with van der Waals surface area (Å²) < 4.78 is 6.97. The van der Waals surface area contributed by atoms with Crippen molar-refractivity contribution in [2.24, 2.45) is 17.8 Å². The molecule has 0 aromatic carbocycles. The van der Waals surface area contributed by atoms with Crippen LogP contribution >= 0.6 is 0 Å². The first-order valence-electron chi connectivity index (χ1n) is 14.2. The molecule has 3 heterocycles. The lowest BCUT2D eigenvalue weighted by Gasteiger charge is -2.34. The van der Waals surface area contributed by atoms with Crippen molar-refractivity contribution in [3.8, 4) is 11.6 Å². The number of nitrogens with one attached hydrogen (secondary N) is 2. The van der Waals surface area contributed by atoms with Crippen LogP contribution in [0.25, 0.3) is 22.8 Å². The van der Waals surface area contributed by atoms with Crippen LogP contribution in [0.15, 0.2) is 9.32 Å². The number of rotatable bonds is 7. The van der Waals surface area contributed by atoms with Gasteiger partial charge in [-0.15, -0.1) is 0 Å². The molecular weight excluding hydrogens is 470 g/mol. The fraction of sp³-hybridized carbons (Fsp3) is 0.741. The number of anilines is 1. The predicted octanol–water partition coefficient (Wildman–Crippen LogP) is 4.75. The van der Waals surface area contributed by atoms with Crippen molar-refractivity contribution in [3.63, 3.8) is 0 Å². The Hall–Kier alpha value is -2.75. The van der Waals surface area contributed by atoms with Crippen molar-refractivity contribution in [2.45, 2.75) is 109 Å². The van der Waals surface area contributed by atoms with Crippen LogP contribution in [0.3, 0.4) is 0 Å². The molecule has 3 saturated carbocycles. The minimum Gasteiger partial charge on any atom is -0.382 e. The first-order valence-corrected chi connectivity index (χ1v) is 14.2. The molecule has 3 aliphatic carbocycles. The Kier molecular flexibility index (Phi) is 6.54. The third-order valence-electron chi connectivity index (χ3n) is 9.15. The molecule has 0 amide bonds. The molecule has 1 atom stereocenters. The molecule has 3 aromatic rings. The summed E-state index contributed by atoms with van der Waals surface area (Å²) in [6.45, 7) is 5.34. The highest BCUT2D eigenvalue weighted by molar-refractivity contribution is 5.86. The molecule has 3 aliphatic rings. The van der Waals surface area contributed by atoms with Crippen LogP contribution in [0.4, 0.5) is 5.82 Å². The summed E-state index contributed by atoms with van der Waals surface area (Å²) in [4.78, 5) is 28.8. The van der Waals surface area contributed by atoms with E-state index in [1.165, 1.54) is 44.9 Å². The van der Waals surface area contributed by atoms with E-state index >= 15 is 0 Å². The largest absolute Gasteiger partial charge is 0.439 e. The van der Waals surface area contributed by atoms with Crippen LogP contribution in [0, 0.1) is 17.8 Å². The van der Waals surface area contributed by atoms with Crippen LogP contribution in [-0.4, -0.2) is 40.8 Å². The van der Waals surface area contributed by atoms with Crippen molar-refractivity contribution >= 4 is 17.0 Å². The zero-order valence-electron chi connectivity index (χ0n) is 22.0. The van der Waals surface area contributed by atoms with Gasteiger partial charge in [0.2, 0.25) is 11.6 Å². The van der Waals surface area contributed by atoms with Gasteiger partial charge in [-0.2, -0.15) is 0 Å². The molecule has 10 heteroatoms. The molecule has 0 aliphatic heterocycles. The van der Waals surface area contributed by atoms with Gasteiger partial charge in [0.05, 0.1) is 0 Å². The maximum Gasteiger partial charge on any atom is 0.439 e. The quantitative estimate of drug-likeness (QED) is 0.415. The summed E-state index contributed by atoms with van der Waals surface area (Å²) in [6.07, 6.45) is 13.0. The maximum absolute atomic E-state index is 11.9. The molecule has 0 saturated heterocycles. The van der Waals surface area contributed by atoms with Crippen molar-refractivity contribution in [3.05, 3.63) is 16.4 Å². The van der Waals surface area contributed by atoms with Crippen LogP contribution in [0.2, 0.25) is 0 Å². The highest BCUT2D eigenvalue weighted by Gasteiger charge is 2.38. The lowest BCUT2D eigenvalue weighted by molar-refractivity contribution is -0.0123. The molecule has 3 N–H and O–H groups in total. The van der Waals surface area contributed by atoms with Gasteiger partial charge < -0.3 is 15.0 Å². The summed E-state index contributed by atoms with van der Waals surface area (Å²) in [6, 6.07) is 0.233. The minimum absolute atomic E-state index is 0.181. The summed E-state index contributed by atoms with van der Waals surface area (Å²) in [5.41, 5.74) is 0.392. The molecule has 0 bridgehead atoms. The lowest BCUT2D eigenvalue weighted by Crippen LogP contribution is -2.33. The average molecular weight is 510 g/mol. The van der Waals surface area contributed by atoms with Gasteiger partial charge in [-0.3, -0.25) is 9.51 Å². The summed E-state index contributed by atoms with van der Waals surface area (Å²) in [5.74, 6) is 3.09. The second-order valence-corrected chi connectivity index (χ2v) is 11.9. The Labute approximate surface area is 216 Å². The Balaban J connectivity index is 1.49. The second-order valence-electron chi connectivity index (χ2n) is 11.9. The summed E-state index contributed by atoms with van der Waals surface area (Å²) in [5, 5.41) is 19.4. The average Bonchev–Trinajstić information content (AvgIpc) is 3.44. The van der Waals surface area contributed by atoms with Crippen LogP contribution < -0.4 is 11.1 Å². The van der Waals surface area contributed by atoms with Crippen LogP contribution in [-0.2, 0) is 12.1 Å². The normalized spacial score (nSPS) is 25.2. The molecule has 6 rings (SSSR count). The first-order chi connectivity index (χ1) is 17.9. The fourth-order valence-electron chi connectivity index (χ4n) is 6.51. The van der Waals surface area contributed by atoms with Crippen molar-refractivity contribution < 1.29 is 9.63 Å². The van der Waals surface area contributed by atoms with E-state index in [0.717, 1.165) is 37.2 Å². The van der Waals surface area contributed by atoms with Gasteiger partial charge in [0.1, 0.15) is 16.9 Å². The molecule has 10 nitrogen and oxygen atoms in total. The summed E-state index contributed by atoms with van der Waals surface area (Å²) >= 11 is 0. The highest BCUT2D eigenvalue weighted by Crippen LogP contribution is 2.41. The Bertz CT molecular complexity index is 1290. The number of hydrogen-bond donors (Lipinski definition) is 3. The van der Waals surface area contributed by atoms with Gasteiger partial charge in [0.25, 0.3) is 0 Å². The number of hydrogen-bond acceptors (Lipinski definition) is 8. The van der Waals surface area contributed by atoms with Gasteiger partial charge in [-0.05, 0) is 63.2 Å². The predicted molar refractivity (Wildman–Crippen MR) is 140 cm³/mol. The standard InChI is InChI=1S/C27H39N7O3/c1-16-9-11-18(12-10-16)15-34-20-21(28-17(2)19-7-6-8-19)29-23(24-32-26(35)37-33-24)30-22(20)31-25(34)27(36)13-4-3-5-14-27/h16-19,36H,3-15H2,1-2H3,(H,28,29,30)(H,32,33,35)/t16?,17-,18?/m1/s1. The monoisotopic (exact) mass is 509 g/mol. The Morgan fingerprint density at radius 3 is 2.49 bits per heavy atom. The van der Waals surface area contributed by atoms with E-state index in [9.17, 15) is 9.90 Å². The molecule has 3 fully saturated rings. The SMILES string of the molecule is CC1CCC(Cn2c(C3(O)CCCCC3)nc3nc(-c4noc(=O)[nH]4)nc(N[C@H](C)C4CCC4)c32)CC1. The van der Waals surface area contributed by atoms with E-state index in [1.807, 2.05) is 0 Å². The zero-order valence-corrected chi connectivity index (χ0v) is 22.0. The zero-order chi connectivity index (χ0) is 25.6. The van der Waals surface area contributed by atoms with Crippen LogP contribution in [0.1, 0.15) is 96.7 Å². The van der Waals surface area contributed by atoms with E-state index < -0.39 is 11.4 Å². The number of aliphatic hydroxyl groups is 1. The number of aromatic amines is 1. The Morgan fingerprint density at radius 1 is 1.08 bits per heavy atom. The highest BCUT2D eigenvalue weighted by atomic mass is 16.5. The van der Waals surface area contributed by atoms with E-state index in [2.05, 4.69) is 33.9 Å². The topological polar surface area (TPSA) is 135 Å². The number of aromatic nitrogens is 6. The van der Waals surface area contributed by atoms with E-state index in [1.54, 1.807) is 0 Å². The smallest absolute Gasteiger partial charge is 0.382 e. The molecular formula is C27H39N7O3. The van der Waals surface area contributed by atoms with Gasteiger partial charge in [-0.25, -0.2) is 19.7 Å². The van der Waals surface area contributed by atoms with Crippen LogP contribution in [0.5, 0.6) is 0 Å². The van der Waals surface area contributed by atoms with Gasteiger partial charge in [0, 0.05) is 12.6 Å².